The Labute approximate surface area is 541 Å². The number of ether oxygens (including phenoxy) is 3. The molecule has 0 aliphatic carbocycles. The van der Waals surface area contributed by atoms with Crippen LogP contribution in [0.5, 0.6) is 0 Å². The minimum absolute atomic E-state index is 0.127. The average Bonchev–Trinajstić information content (AvgIpc) is 1.25. The number of aliphatic hydroxyl groups is 5. The third-order valence-electron chi connectivity index (χ3n) is 17.7. The Morgan fingerprint density at radius 2 is 0.784 bits per heavy atom. The Bertz CT molecular complexity index is 1670. The van der Waals surface area contributed by atoms with Gasteiger partial charge in [-0.2, -0.15) is 0 Å². The summed E-state index contributed by atoms with van der Waals surface area (Å²) in [4.78, 5) is 26.7. The van der Waals surface area contributed by atoms with Crippen molar-refractivity contribution in [1.82, 2.24) is 5.32 Å². The fourth-order valence-corrected chi connectivity index (χ4v) is 11.8. The molecular formula is C77H141NO10. The van der Waals surface area contributed by atoms with Crippen LogP contribution in [0.2, 0.25) is 0 Å². The normalized spacial score (nSPS) is 18.5. The molecule has 514 valence electrons. The number of carbonyl (C=O) groups excluding carboxylic acids is 2. The maximum atomic E-state index is 13.5. The molecule has 88 heavy (non-hydrogen) atoms. The van der Waals surface area contributed by atoms with Gasteiger partial charge in [0.15, 0.2) is 12.4 Å². The van der Waals surface area contributed by atoms with Gasteiger partial charge in [0, 0.05) is 6.42 Å². The lowest BCUT2D eigenvalue weighted by Gasteiger charge is -2.41. The molecule has 0 aromatic carbocycles. The molecule has 8 unspecified atom stereocenters. The van der Waals surface area contributed by atoms with Crippen molar-refractivity contribution < 1.29 is 49.3 Å². The summed E-state index contributed by atoms with van der Waals surface area (Å²) in [6, 6.07) is -1.03. The number of rotatable bonds is 65. The topological polar surface area (TPSA) is 175 Å². The predicted molar refractivity (Wildman–Crippen MR) is 370 cm³/mol. The van der Waals surface area contributed by atoms with E-state index < -0.39 is 67.4 Å². The molecule has 1 aliphatic heterocycles. The quantitative estimate of drug-likeness (QED) is 0.0195. The first-order valence-electron chi connectivity index (χ1n) is 37.6. The molecule has 1 rings (SSSR count). The minimum atomic E-state index is -1.61. The highest BCUT2D eigenvalue weighted by Gasteiger charge is 2.47. The van der Waals surface area contributed by atoms with Gasteiger partial charge in [0.25, 0.3) is 0 Å². The van der Waals surface area contributed by atoms with E-state index in [1.807, 2.05) is 6.08 Å². The van der Waals surface area contributed by atoms with Crippen molar-refractivity contribution in [3.8, 4) is 0 Å². The monoisotopic (exact) mass is 1240 g/mol. The van der Waals surface area contributed by atoms with Crippen LogP contribution in [0.1, 0.15) is 355 Å². The predicted octanol–water partition coefficient (Wildman–Crippen LogP) is 19.7. The van der Waals surface area contributed by atoms with Crippen molar-refractivity contribution >= 4 is 11.9 Å². The summed E-state index contributed by atoms with van der Waals surface area (Å²) < 4.78 is 17.7. The van der Waals surface area contributed by atoms with Crippen LogP contribution < -0.4 is 5.32 Å². The molecular weight excluding hydrogens is 1100 g/mol. The maximum Gasteiger partial charge on any atom is 0.306 e. The second-order valence-corrected chi connectivity index (χ2v) is 26.0. The molecule has 1 aliphatic rings. The van der Waals surface area contributed by atoms with Crippen LogP contribution >= 0.6 is 0 Å². The summed E-state index contributed by atoms with van der Waals surface area (Å²) in [5.74, 6) is -1.18. The number of allylic oxidation sites excluding steroid dienone is 9. The summed E-state index contributed by atoms with van der Waals surface area (Å²) in [5.41, 5.74) is 0. The third-order valence-corrected chi connectivity index (χ3v) is 17.7. The fraction of sp³-hybridized carbons (Fsp3) is 0.844. The summed E-state index contributed by atoms with van der Waals surface area (Å²) in [5, 5.41) is 57.3. The van der Waals surface area contributed by atoms with Crippen molar-refractivity contribution in [2.24, 2.45) is 0 Å². The smallest absolute Gasteiger partial charge is 0.306 e. The van der Waals surface area contributed by atoms with Crippen LogP contribution in [0.15, 0.2) is 60.8 Å². The van der Waals surface area contributed by atoms with E-state index in [4.69, 9.17) is 14.2 Å². The number of nitrogens with one attached hydrogen (secondary N) is 1. The SMILES string of the molecule is CCCCC/C=C\C/C=C\C/C=C\C/C=C\CCCCCCCCCCCCC(O)C(=O)NC(COC1OC(CO)C(O)C(O)C1OC(=O)CCCCCCCCCCCCCCCCCCCCCCC)C(O)/C=C/CCCCCCCCCCCC. The van der Waals surface area contributed by atoms with E-state index in [0.717, 1.165) is 83.5 Å². The lowest BCUT2D eigenvalue weighted by atomic mass is 9.99. The van der Waals surface area contributed by atoms with Crippen LogP contribution in [-0.2, 0) is 23.8 Å². The second kappa shape index (κ2) is 64.5. The second-order valence-electron chi connectivity index (χ2n) is 26.0. The highest BCUT2D eigenvalue weighted by molar-refractivity contribution is 5.80. The first-order chi connectivity index (χ1) is 43.2. The number of amides is 1. The van der Waals surface area contributed by atoms with Gasteiger partial charge in [-0.1, -0.05) is 338 Å². The van der Waals surface area contributed by atoms with Crippen LogP contribution in [0.25, 0.3) is 0 Å². The van der Waals surface area contributed by atoms with E-state index in [0.29, 0.717) is 12.8 Å². The molecule has 0 spiro atoms. The van der Waals surface area contributed by atoms with Gasteiger partial charge in [0.1, 0.15) is 24.4 Å². The molecule has 1 amide bonds. The lowest BCUT2D eigenvalue weighted by Crippen LogP contribution is -2.61. The number of esters is 1. The molecule has 6 N–H and O–H groups in total. The number of hydrogen-bond donors (Lipinski definition) is 6. The maximum absolute atomic E-state index is 13.5. The molecule has 1 fully saturated rings. The molecule has 0 aromatic heterocycles. The molecule has 0 bridgehead atoms. The average molecular weight is 1240 g/mol. The van der Waals surface area contributed by atoms with Gasteiger partial charge < -0.3 is 45.1 Å². The first-order valence-corrected chi connectivity index (χ1v) is 37.6. The molecule has 0 radical (unpaired) electrons. The van der Waals surface area contributed by atoms with E-state index in [-0.39, 0.29) is 19.4 Å². The number of carbonyl (C=O) groups is 2. The molecule has 0 saturated carbocycles. The van der Waals surface area contributed by atoms with Gasteiger partial charge in [-0.3, -0.25) is 9.59 Å². The Kier molecular flexibility index (Phi) is 61.1. The molecule has 0 aromatic rings. The molecule has 1 heterocycles. The highest BCUT2D eigenvalue weighted by atomic mass is 16.7. The summed E-state index contributed by atoms with van der Waals surface area (Å²) >= 11 is 0. The Hall–Kier alpha value is -2.64. The van der Waals surface area contributed by atoms with Gasteiger partial charge in [-0.15, -0.1) is 0 Å². The van der Waals surface area contributed by atoms with Crippen LogP contribution in [-0.4, -0.2) is 99.6 Å². The summed E-state index contributed by atoms with van der Waals surface area (Å²) in [7, 11) is 0. The third kappa shape index (κ3) is 50.9. The van der Waals surface area contributed by atoms with E-state index in [2.05, 4.69) is 74.7 Å². The highest BCUT2D eigenvalue weighted by Crippen LogP contribution is 2.26. The Morgan fingerprint density at radius 1 is 0.443 bits per heavy atom. The zero-order valence-electron chi connectivity index (χ0n) is 57.4. The van der Waals surface area contributed by atoms with Crippen LogP contribution in [0.3, 0.4) is 0 Å². The summed E-state index contributed by atoms with van der Waals surface area (Å²) in [6.45, 7) is 5.81. The van der Waals surface area contributed by atoms with E-state index in [1.54, 1.807) is 6.08 Å². The van der Waals surface area contributed by atoms with Crippen molar-refractivity contribution in [1.29, 1.82) is 0 Å². The van der Waals surface area contributed by atoms with Gasteiger partial charge in [0.05, 0.1) is 25.4 Å². The molecule has 11 nitrogen and oxygen atoms in total. The van der Waals surface area contributed by atoms with E-state index >= 15 is 0 Å². The molecule has 11 heteroatoms. The van der Waals surface area contributed by atoms with Gasteiger partial charge in [-0.25, -0.2) is 0 Å². The van der Waals surface area contributed by atoms with Crippen molar-refractivity contribution in [2.45, 2.75) is 404 Å². The zero-order chi connectivity index (χ0) is 63.9. The first kappa shape index (κ1) is 83.4. The van der Waals surface area contributed by atoms with Crippen molar-refractivity contribution in [3.63, 3.8) is 0 Å². The van der Waals surface area contributed by atoms with Crippen LogP contribution in [0.4, 0.5) is 0 Å². The van der Waals surface area contributed by atoms with E-state index in [1.165, 1.54) is 225 Å². The van der Waals surface area contributed by atoms with Gasteiger partial charge in [-0.05, 0) is 70.6 Å². The molecule has 1 saturated heterocycles. The van der Waals surface area contributed by atoms with Gasteiger partial charge in [0.2, 0.25) is 5.91 Å². The van der Waals surface area contributed by atoms with Crippen molar-refractivity contribution in [3.05, 3.63) is 60.8 Å². The number of aliphatic hydroxyl groups excluding tert-OH is 5. The van der Waals surface area contributed by atoms with Gasteiger partial charge >= 0.3 is 5.97 Å². The fourth-order valence-electron chi connectivity index (χ4n) is 11.8. The van der Waals surface area contributed by atoms with Crippen molar-refractivity contribution in [2.75, 3.05) is 13.2 Å². The standard InChI is InChI=1S/C77H141NO10/c1-4-7-10-13-16-19-22-25-27-29-31-33-34-35-36-37-39-40-42-44-46-49-52-55-58-61-64-70(81)76(85)78-68(69(80)63-60-57-54-51-48-24-21-18-15-12-9-6-3)67-86-77-75(74(84)73(83)71(66-79)87-77)88-72(82)65-62-59-56-53-50-47-45-43-41-38-32-30-28-26-23-20-17-14-11-8-5-2/h16,19,25,27,31,33,35-36,60,63,68-71,73-75,77,79-81,83-84H,4-15,17-18,20-24,26,28-30,32,34,37-59,61-62,64-67H2,1-3H3,(H,78,85)/b19-16-,27-25-,33-31-,36-35-,63-60+. The summed E-state index contributed by atoms with van der Waals surface area (Å²) in [6.07, 6.45) is 72.6. The number of hydrogen-bond acceptors (Lipinski definition) is 10. The molecule has 8 atom stereocenters. The Morgan fingerprint density at radius 3 is 1.19 bits per heavy atom. The number of unbranched alkanes of at least 4 members (excludes halogenated alkanes) is 43. The Balaban J connectivity index is 2.54. The van der Waals surface area contributed by atoms with E-state index in [9.17, 15) is 35.1 Å². The zero-order valence-corrected chi connectivity index (χ0v) is 57.4. The lowest BCUT2D eigenvalue weighted by molar-refractivity contribution is -0.305. The largest absolute Gasteiger partial charge is 0.454 e. The minimum Gasteiger partial charge on any atom is -0.454 e. The van der Waals surface area contributed by atoms with Crippen LogP contribution in [0, 0.1) is 0 Å².